The zero-order valence-corrected chi connectivity index (χ0v) is 12.4. The number of hydrogen-bond acceptors (Lipinski definition) is 5. The molecule has 1 aliphatic rings. The van der Waals surface area contributed by atoms with E-state index < -0.39 is 0 Å². The third-order valence-corrected chi connectivity index (χ3v) is 4.09. The summed E-state index contributed by atoms with van der Waals surface area (Å²) in [6.45, 7) is 2.56. The normalized spacial score (nSPS) is 18.6. The number of aromatic nitrogens is 4. The van der Waals surface area contributed by atoms with Gasteiger partial charge in [0.15, 0.2) is 0 Å². The second-order valence-corrected chi connectivity index (χ2v) is 5.68. The van der Waals surface area contributed by atoms with Crippen LogP contribution >= 0.6 is 0 Å². The van der Waals surface area contributed by atoms with Gasteiger partial charge in [-0.15, -0.1) is 10.2 Å². The molecule has 0 radical (unpaired) electrons. The lowest BCUT2D eigenvalue weighted by Crippen LogP contribution is -2.20. The molecule has 3 aromatic rings. The van der Waals surface area contributed by atoms with Gasteiger partial charge in [-0.05, 0) is 25.1 Å². The second kappa shape index (κ2) is 5.92. The van der Waals surface area contributed by atoms with Crippen LogP contribution < -0.4 is 0 Å². The van der Waals surface area contributed by atoms with E-state index in [1.807, 2.05) is 6.20 Å². The Morgan fingerprint density at radius 1 is 1.30 bits per heavy atom. The summed E-state index contributed by atoms with van der Waals surface area (Å²) in [5.41, 5.74) is 0.344. The molecule has 1 saturated heterocycles. The number of nitrogens with zero attached hydrogens (tertiary/aromatic N) is 4. The largest absolute Gasteiger partial charge is 0.420 e. The lowest BCUT2D eigenvalue weighted by atomic mass is 10.1. The number of aromatic amines is 1. The third-order valence-electron chi connectivity index (χ3n) is 4.09. The van der Waals surface area contributed by atoms with Crippen molar-refractivity contribution in [3.05, 3.63) is 54.2 Å². The topological polar surface area (TPSA) is 70.8 Å². The van der Waals surface area contributed by atoms with E-state index in [0.717, 1.165) is 31.9 Å². The predicted molar refractivity (Wildman–Crippen MR) is 80.9 cm³/mol. The van der Waals surface area contributed by atoms with E-state index in [1.165, 1.54) is 6.07 Å². The Morgan fingerprint density at radius 2 is 2.22 bits per heavy atom. The molecule has 118 valence electrons. The number of nitrogens with one attached hydrogen (secondary N) is 1. The molecule has 4 rings (SSSR count). The molecule has 3 heterocycles. The minimum atomic E-state index is -0.353. The lowest BCUT2D eigenvalue weighted by molar-refractivity contribution is 0.313. The van der Waals surface area contributed by atoms with Crippen LogP contribution in [-0.4, -0.2) is 38.2 Å². The monoisotopic (exact) mass is 313 g/mol. The Bertz CT molecular complexity index is 785. The summed E-state index contributed by atoms with van der Waals surface area (Å²) >= 11 is 0. The van der Waals surface area contributed by atoms with E-state index in [-0.39, 0.29) is 17.6 Å². The summed E-state index contributed by atoms with van der Waals surface area (Å²) in [4.78, 5) is 9.63. The zero-order valence-electron chi connectivity index (χ0n) is 12.4. The van der Waals surface area contributed by atoms with Gasteiger partial charge in [0, 0.05) is 18.9 Å². The van der Waals surface area contributed by atoms with E-state index in [9.17, 15) is 4.39 Å². The van der Waals surface area contributed by atoms with E-state index in [0.29, 0.717) is 11.5 Å². The van der Waals surface area contributed by atoms with Crippen LogP contribution in [0.4, 0.5) is 4.39 Å². The van der Waals surface area contributed by atoms with Crippen LogP contribution in [0.2, 0.25) is 0 Å². The molecule has 23 heavy (non-hydrogen) atoms. The van der Waals surface area contributed by atoms with Crippen molar-refractivity contribution in [2.75, 3.05) is 13.1 Å². The molecule has 0 saturated carbocycles. The SMILES string of the molecule is Fc1ccccc1-c1nnc(C2CCN(Cc3ncc[nH]3)C2)o1. The number of benzene rings is 1. The molecular formula is C16H16FN5O. The number of likely N-dealkylation sites (tertiary alicyclic amines) is 1. The smallest absolute Gasteiger partial charge is 0.250 e. The maximum absolute atomic E-state index is 13.8. The van der Waals surface area contributed by atoms with Crippen LogP contribution in [-0.2, 0) is 6.54 Å². The minimum Gasteiger partial charge on any atom is -0.420 e. The molecule has 0 aliphatic carbocycles. The molecule has 6 nitrogen and oxygen atoms in total. The Balaban J connectivity index is 1.47. The molecule has 1 N–H and O–H groups in total. The second-order valence-electron chi connectivity index (χ2n) is 5.68. The molecule has 1 unspecified atom stereocenters. The number of hydrogen-bond donors (Lipinski definition) is 1. The summed E-state index contributed by atoms with van der Waals surface area (Å²) in [6.07, 6.45) is 4.52. The van der Waals surface area contributed by atoms with E-state index >= 15 is 0 Å². The number of halogens is 1. The first-order valence-electron chi connectivity index (χ1n) is 7.58. The zero-order chi connectivity index (χ0) is 15.6. The van der Waals surface area contributed by atoms with Gasteiger partial charge in [0.1, 0.15) is 11.6 Å². The van der Waals surface area contributed by atoms with Crippen molar-refractivity contribution < 1.29 is 8.81 Å². The number of rotatable bonds is 4. The van der Waals surface area contributed by atoms with Crippen LogP contribution in [0.1, 0.15) is 24.1 Å². The summed E-state index contributed by atoms with van der Waals surface area (Å²) < 4.78 is 19.5. The Morgan fingerprint density at radius 3 is 3.04 bits per heavy atom. The average molecular weight is 313 g/mol. The molecule has 0 bridgehead atoms. The highest BCUT2D eigenvalue weighted by Crippen LogP contribution is 2.29. The van der Waals surface area contributed by atoms with Crippen LogP contribution in [0.15, 0.2) is 41.1 Å². The maximum atomic E-state index is 13.8. The van der Waals surface area contributed by atoms with Gasteiger partial charge in [-0.2, -0.15) is 0 Å². The molecular weight excluding hydrogens is 297 g/mol. The number of imidazole rings is 1. The van der Waals surface area contributed by atoms with Crippen molar-refractivity contribution in [1.29, 1.82) is 0 Å². The van der Waals surface area contributed by atoms with Crippen LogP contribution in [0, 0.1) is 5.82 Å². The van der Waals surface area contributed by atoms with Gasteiger partial charge in [-0.3, -0.25) is 4.90 Å². The van der Waals surface area contributed by atoms with Crippen LogP contribution in [0.5, 0.6) is 0 Å². The first-order valence-corrected chi connectivity index (χ1v) is 7.58. The summed E-state index contributed by atoms with van der Waals surface area (Å²) in [5, 5.41) is 8.11. The molecule has 1 fully saturated rings. The Kier molecular flexibility index (Phi) is 3.63. The molecule has 1 atom stereocenters. The molecule has 0 spiro atoms. The van der Waals surface area contributed by atoms with Gasteiger partial charge < -0.3 is 9.40 Å². The van der Waals surface area contributed by atoms with E-state index in [4.69, 9.17) is 4.42 Å². The van der Waals surface area contributed by atoms with Crippen molar-refractivity contribution in [2.24, 2.45) is 0 Å². The van der Waals surface area contributed by atoms with Crippen molar-refractivity contribution in [3.8, 4) is 11.5 Å². The standard InChI is InChI=1S/C16H16FN5O/c17-13-4-2-1-3-12(13)16-21-20-15(23-16)11-5-8-22(9-11)10-14-18-6-7-19-14/h1-4,6-7,11H,5,8-10H2,(H,18,19). The highest BCUT2D eigenvalue weighted by atomic mass is 19.1. The third kappa shape index (κ3) is 2.87. The van der Waals surface area contributed by atoms with Gasteiger partial charge in [0.25, 0.3) is 5.89 Å². The van der Waals surface area contributed by atoms with Crippen molar-refractivity contribution in [1.82, 2.24) is 25.1 Å². The van der Waals surface area contributed by atoms with E-state index in [2.05, 4.69) is 25.1 Å². The Hall–Kier alpha value is -2.54. The number of H-pyrrole nitrogens is 1. The first-order chi connectivity index (χ1) is 11.3. The van der Waals surface area contributed by atoms with Gasteiger partial charge >= 0.3 is 0 Å². The molecule has 7 heteroatoms. The molecule has 1 aliphatic heterocycles. The fourth-order valence-corrected chi connectivity index (χ4v) is 2.92. The van der Waals surface area contributed by atoms with Crippen LogP contribution in [0.3, 0.4) is 0 Å². The summed E-state index contributed by atoms with van der Waals surface area (Å²) in [5.74, 6) is 1.59. The quantitative estimate of drug-likeness (QED) is 0.801. The highest BCUT2D eigenvalue weighted by molar-refractivity contribution is 5.53. The van der Waals surface area contributed by atoms with Crippen molar-refractivity contribution >= 4 is 0 Å². The van der Waals surface area contributed by atoms with Crippen molar-refractivity contribution in [2.45, 2.75) is 18.9 Å². The summed E-state index contributed by atoms with van der Waals surface area (Å²) in [7, 11) is 0. The van der Waals surface area contributed by atoms with Gasteiger partial charge in [0.05, 0.1) is 18.0 Å². The molecule has 1 aromatic carbocycles. The minimum absolute atomic E-state index is 0.179. The lowest BCUT2D eigenvalue weighted by Gasteiger charge is -2.12. The maximum Gasteiger partial charge on any atom is 0.250 e. The fraction of sp³-hybridized carbons (Fsp3) is 0.312. The molecule has 2 aromatic heterocycles. The van der Waals surface area contributed by atoms with Gasteiger partial charge in [0.2, 0.25) is 5.89 Å². The Labute approximate surface area is 132 Å². The predicted octanol–water partition coefficient (Wildman–Crippen LogP) is 2.59. The first kappa shape index (κ1) is 14.1. The fourth-order valence-electron chi connectivity index (χ4n) is 2.92. The van der Waals surface area contributed by atoms with Gasteiger partial charge in [-0.25, -0.2) is 9.37 Å². The summed E-state index contributed by atoms with van der Waals surface area (Å²) in [6, 6.07) is 6.42. The average Bonchev–Trinajstić information content (AvgIpc) is 3.29. The van der Waals surface area contributed by atoms with Gasteiger partial charge in [-0.1, -0.05) is 12.1 Å². The molecule has 0 amide bonds. The highest BCUT2D eigenvalue weighted by Gasteiger charge is 2.29. The van der Waals surface area contributed by atoms with Crippen LogP contribution in [0.25, 0.3) is 11.5 Å². The van der Waals surface area contributed by atoms with Crippen molar-refractivity contribution in [3.63, 3.8) is 0 Å². The van der Waals surface area contributed by atoms with E-state index in [1.54, 1.807) is 24.4 Å².